The van der Waals surface area contributed by atoms with Crippen LogP contribution >= 0.6 is 0 Å². The summed E-state index contributed by atoms with van der Waals surface area (Å²) < 4.78 is 18.7. The Morgan fingerprint density at radius 2 is 1.61 bits per heavy atom. The van der Waals surface area contributed by atoms with Crippen molar-refractivity contribution < 1.29 is 38.2 Å². The average molecular weight is 845 g/mol. The molecule has 2 saturated carbocycles. The van der Waals surface area contributed by atoms with Crippen molar-refractivity contribution in [1.29, 1.82) is 5.26 Å². The maximum absolute atomic E-state index is 13.6. The van der Waals surface area contributed by atoms with Gasteiger partial charge in [-0.15, -0.1) is 0 Å². The monoisotopic (exact) mass is 844 g/mol. The number of hydrogen-bond donors (Lipinski definition) is 2. The standard InChI is InChI=1S/C48H56N6O8/c1-27-18-34(19-28(2)38(27)23-49)62-46-47(3,4)45(48(46,5)6)51-41(56)30-10-8-29(9-11-30)24-53-16-17-60-26-32(53)25-52(7)31-20-35(21-31)61-33-12-13-36-37(22-33)44(59)54(43(36)58)39-14-15-40(55)50-42(39)57/h8-13,18-19,22,31-32,35,39,45-46H,14-17,20-21,24-26H2,1-7H3,(H,51,56)(H,50,55,57)/t31?,32-,35?,39-,45?,46?/m0/s1. The number of rotatable bonds is 12. The maximum atomic E-state index is 13.6. The molecular formula is C48H56N6O8. The Hall–Kier alpha value is -5.62. The summed E-state index contributed by atoms with van der Waals surface area (Å²) in [5.41, 5.74) is 3.93. The van der Waals surface area contributed by atoms with Crippen molar-refractivity contribution in [1.82, 2.24) is 25.3 Å². The molecule has 0 spiro atoms. The summed E-state index contributed by atoms with van der Waals surface area (Å²) in [7, 11) is 2.12. The van der Waals surface area contributed by atoms with Crippen LogP contribution in [0, 0.1) is 36.0 Å². The minimum Gasteiger partial charge on any atom is -0.490 e. The van der Waals surface area contributed by atoms with Crippen LogP contribution in [0.4, 0.5) is 0 Å². The lowest BCUT2D eigenvalue weighted by molar-refractivity contribution is -0.164. The Balaban J connectivity index is 0.814. The van der Waals surface area contributed by atoms with Gasteiger partial charge in [-0.1, -0.05) is 39.8 Å². The fraction of sp³-hybridized carbons (Fsp3) is 0.500. The van der Waals surface area contributed by atoms with E-state index < -0.39 is 29.7 Å². The van der Waals surface area contributed by atoms with E-state index in [1.165, 1.54) is 0 Å². The number of nitriles is 1. The smallest absolute Gasteiger partial charge is 0.262 e. The fourth-order valence-electron chi connectivity index (χ4n) is 10.6. The quantitative estimate of drug-likeness (QED) is 0.237. The van der Waals surface area contributed by atoms with Gasteiger partial charge >= 0.3 is 0 Å². The number of nitrogens with zero attached hydrogens (tertiary/aromatic N) is 4. The second kappa shape index (κ2) is 16.6. The molecule has 0 unspecified atom stereocenters. The number of carbonyl (C=O) groups excluding carboxylic acids is 5. The molecule has 0 radical (unpaired) electrons. The molecule has 14 nitrogen and oxygen atoms in total. The van der Waals surface area contributed by atoms with Crippen LogP contribution in [0.25, 0.3) is 0 Å². The predicted octanol–water partition coefficient (Wildman–Crippen LogP) is 4.93. The van der Waals surface area contributed by atoms with Crippen LogP contribution in [-0.2, 0) is 20.9 Å². The summed E-state index contributed by atoms with van der Waals surface area (Å²) in [6.07, 6.45) is 1.59. The molecule has 8 rings (SSSR count). The number of ether oxygens (including phenoxy) is 3. The highest BCUT2D eigenvalue weighted by Gasteiger charge is 2.64. The van der Waals surface area contributed by atoms with Crippen molar-refractivity contribution >= 4 is 29.5 Å². The van der Waals surface area contributed by atoms with Crippen molar-refractivity contribution in [2.45, 2.75) is 110 Å². The highest BCUT2D eigenvalue weighted by Crippen LogP contribution is 2.55. The lowest BCUT2D eigenvalue weighted by atomic mass is 9.49. The number of likely N-dealkylation sites (N-methyl/N-ethyl adjacent to an activating group) is 1. The van der Waals surface area contributed by atoms with Crippen molar-refractivity contribution in [3.8, 4) is 17.6 Å². The summed E-state index contributed by atoms with van der Waals surface area (Å²) in [6.45, 7) is 16.0. The second-order valence-electron chi connectivity index (χ2n) is 18.9. The molecule has 2 aliphatic carbocycles. The average Bonchev–Trinajstić information content (AvgIpc) is 3.45. The van der Waals surface area contributed by atoms with Crippen molar-refractivity contribution in [2.75, 3.05) is 33.4 Å². The van der Waals surface area contributed by atoms with E-state index in [0.29, 0.717) is 36.1 Å². The van der Waals surface area contributed by atoms with Gasteiger partial charge in [-0.2, -0.15) is 5.26 Å². The Kier molecular flexibility index (Phi) is 11.5. The Labute approximate surface area is 362 Å². The largest absolute Gasteiger partial charge is 0.490 e. The minimum absolute atomic E-state index is 0.0490. The van der Waals surface area contributed by atoms with Gasteiger partial charge in [0, 0.05) is 73.4 Å². The van der Waals surface area contributed by atoms with Crippen molar-refractivity contribution in [3.05, 3.63) is 93.5 Å². The fourth-order valence-corrected chi connectivity index (χ4v) is 10.6. The number of fused-ring (bicyclic) bond motifs is 1. The minimum atomic E-state index is -1.01. The Morgan fingerprint density at radius 3 is 2.27 bits per heavy atom. The van der Waals surface area contributed by atoms with E-state index in [2.05, 4.69) is 61.2 Å². The van der Waals surface area contributed by atoms with E-state index in [0.717, 1.165) is 59.8 Å². The number of aryl methyl sites for hydroxylation is 2. The first-order valence-corrected chi connectivity index (χ1v) is 21.6. The van der Waals surface area contributed by atoms with Gasteiger partial charge in [0.25, 0.3) is 17.7 Å². The Bertz CT molecular complexity index is 2310. The normalized spacial score (nSPS) is 26.5. The molecule has 2 saturated heterocycles. The molecular weight excluding hydrogens is 789 g/mol. The molecule has 14 heteroatoms. The molecule has 4 fully saturated rings. The molecule has 5 amide bonds. The Morgan fingerprint density at radius 1 is 0.935 bits per heavy atom. The number of nitrogens with one attached hydrogen (secondary N) is 2. The molecule has 0 bridgehead atoms. The summed E-state index contributed by atoms with van der Waals surface area (Å²) in [4.78, 5) is 69.8. The molecule has 5 aliphatic rings. The summed E-state index contributed by atoms with van der Waals surface area (Å²) >= 11 is 0. The second-order valence-corrected chi connectivity index (χ2v) is 18.9. The van der Waals surface area contributed by atoms with Crippen LogP contribution in [0.5, 0.6) is 11.5 Å². The van der Waals surface area contributed by atoms with Gasteiger partial charge in [0.05, 0.1) is 36.0 Å². The third-order valence-electron chi connectivity index (χ3n) is 13.8. The van der Waals surface area contributed by atoms with Crippen LogP contribution < -0.4 is 20.1 Å². The molecule has 3 aromatic carbocycles. The van der Waals surface area contributed by atoms with Crippen LogP contribution in [0.2, 0.25) is 0 Å². The molecule has 2 atom stereocenters. The number of imide groups is 2. The first-order valence-electron chi connectivity index (χ1n) is 21.6. The molecule has 62 heavy (non-hydrogen) atoms. The number of carbonyl (C=O) groups is 5. The van der Waals surface area contributed by atoms with Gasteiger partial charge in [0.1, 0.15) is 29.7 Å². The molecule has 3 aromatic rings. The van der Waals surface area contributed by atoms with Crippen molar-refractivity contribution in [2.24, 2.45) is 10.8 Å². The first-order chi connectivity index (χ1) is 29.5. The van der Waals surface area contributed by atoms with Gasteiger partial charge in [0.15, 0.2) is 0 Å². The van der Waals surface area contributed by atoms with Crippen molar-refractivity contribution in [3.63, 3.8) is 0 Å². The summed E-state index contributed by atoms with van der Waals surface area (Å²) in [5.74, 6) is -1.02. The highest BCUT2D eigenvalue weighted by molar-refractivity contribution is 6.23. The van der Waals surface area contributed by atoms with Crippen LogP contribution in [-0.4, -0.2) is 114 Å². The van der Waals surface area contributed by atoms with E-state index in [9.17, 15) is 29.2 Å². The summed E-state index contributed by atoms with van der Waals surface area (Å²) in [5, 5.41) is 15.0. The van der Waals surface area contributed by atoms with Gasteiger partial charge < -0.3 is 24.4 Å². The lowest BCUT2D eigenvalue weighted by Gasteiger charge is -2.63. The maximum Gasteiger partial charge on any atom is 0.262 e. The lowest BCUT2D eigenvalue weighted by Crippen LogP contribution is -2.74. The zero-order valence-corrected chi connectivity index (χ0v) is 36.6. The zero-order valence-electron chi connectivity index (χ0n) is 36.6. The first kappa shape index (κ1) is 43.0. The third-order valence-corrected chi connectivity index (χ3v) is 13.8. The molecule has 2 N–H and O–H groups in total. The van der Waals surface area contributed by atoms with Crippen LogP contribution in [0.15, 0.2) is 54.6 Å². The van der Waals surface area contributed by atoms with Gasteiger partial charge in [-0.3, -0.25) is 39.1 Å². The van der Waals surface area contributed by atoms with Crippen LogP contribution in [0.3, 0.4) is 0 Å². The van der Waals surface area contributed by atoms with Gasteiger partial charge in [-0.05, 0) is 86.5 Å². The number of morpholine rings is 1. The number of benzene rings is 3. The number of hydrogen-bond acceptors (Lipinski definition) is 11. The van der Waals surface area contributed by atoms with E-state index in [1.54, 1.807) is 18.2 Å². The summed E-state index contributed by atoms with van der Waals surface area (Å²) in [6, 6.07) is 18.2. The van der Waals surface area contributed by atoms with Gasteiger partial charge in [-0.25, -0.2) is 0 Å². The molecule has 3 heterocycles. The molecule has 0 aromatic heterocycles. The molecule has 326 valence electrons. The number of amides is 5. The zero-order chi connectivity index (χ0) is 44.2. The highest BCUT2D eigenvalue weighted by atomic mass is 16.5. The molecule has 3 aliphatic heterocycles. The van der Waals surface area contributed by atoms with E-state index in [1.807, 2.05) is 50.2 Å². The number of piperidine rings is 1. The van der Waals surface area contributed by atoms with E-state index in [4.69, 9.17) is 14.2 Å². The van der Waals surface area contributed by atoms with E-state index in [-0.39, 0.29) is 65.0 Å². The predicted molar refractivity (Wildman–Crippen MR) is 229 cm³/mol. The SMILES string of the molecule is Cc1cc(OC2C(C)(C)C(NC(=O)c3ccc(CN4CCOC[C@@H]4CN(C)C4CC(Oc5ccc6c(c5)C(=O)N([C@H]5CCC(=O)NC5=O)C6=O)C4)cc3)C2(C)C)cc(C)c1C#N. The third kappa shape index (κ3) is 7.98. The van der Waals surface area contributed by atoms with E-state index >= 15 is 0 Å². The topological polar surface area (TPSA) is 171 Å². The van der Waals surface area contributed by atoms with Gasteiger partial charge in [0.2, 0.25) is 11.8 Å². The van der Waals surface area contributed by atoms with Crippen LogP contribution in [0.1, 0.15) is 107 Å².